The zero-order chi connectivity index (χ0) is 6.91. The Morgan fingerprint density at radius 3 is 2.56 bits per heavy atom. The topological polar surface area (TPSA) is 0 Å². The predicted octanol–water partition coefficient (Wildman–Crippen LogP) is 3.19. The minimum Gasteiger partial charge on any atom is -0.119 e. The Kier molecular flexibility index (Phi) is 2.05. The lowest BCUT2D eigenvalue weighted by molar-refractivity contribution is 0.630. The van der Waals surface area contributed by atoms with Crippen molar-refractivity contribution in [2.45, 2.75) is 44.4 Å². The second-order valence-electron chi connectivity index (χ2n) is 3.32. The molecule has 2 atom stereocenters. The van der Waals surface area contributed by atoms with E-state index >= 15 is 0 Å². The minimum atomic E-state index is 0.190. The van der Waals surface area contributed by atoms with Gasteiger partial charge in [0.25, 0.3) is 0 Å². The third-order valence-corrected chi connectivity index (χ3v) is 2.71. The molecule has 1 aliphatic rings. The van der Waals surface area contributed by atoms with E-state index in [0.29, 0.717) is 0 Å². The lowest BCUT2D eigenvalue weighted by atomic mass is 10.1. The molecule has 0 aromatic rings. The van der Waals surface area contributed by atoms with Crippen molar-refractivity contribution in [3.63, 3.8) is 0 Å². The van der Waals surface area contributed by atoms with Crippen molar-refractivity contribution in [3.05, 3.63) is 0 Å². The van der Waals surface area contributed by atoms with Crippen molar-refractivity contribution in [3.8, 4) is 0 Å². The highest BCUT2D eigenvalue weighted by Gasteiger charge is 2.47. The quantitative estimate of drug-likeness (QED) is 0.537. The van der Waals surface area contributed by atoms with Crippen LogP contribution in [0.3, 0.4) is 0 Å². The van der Waals surface area contributed by atoms with Crippen molar-refractivity contribution < 1.29 is 0 Å². The molecule has 9 heavy (non-hydrogen) atoms. The molecule has 1 heteroatoms. The van der Waals surface area contributed by atoms with Gasteiger partial charge < -0.3 is 0 Å². The Balaban J connectivity index is 2.06. The molecule has 0 saturated heterocycles. The molecule has 1 aliphatic carbocycles. The molecule has 0 heterocycles. The third kappa shape index (κ3) is 1.86. The first-order valence-electron chi connectivity index (χ1n) is 3.85. The Morgan fingerprint density at radius 2 is 2.22 bits per heavy atom. The van der Waals surface area contributed by atoms with Gasteiger partial charge in [-0.2, -0.15) is 0 Å². The molecule has 0 nitrogen and oxygen atoms in total. The monoisotopic (exact) mass is 146 g/mol. The summed E-state index contributed by atoms with van der Waals surface area (Å²) in [4.78, 5) is 0.190. The zero-order valence-electron chi connectivity index (χ0n) is 6.28. The summed E-state index contributed by atoms with van der Waals surface area (Å²) in [5.74, 6) is 0.833. The van der Waals surface area contributed by atoms with Gasteiger partial charge in [-0.1, -0.05) is 19.8 Å². The third-order valence-electron chi connectivity index (χ3n) is 2.24. The second kappa shape index (κ2) is 2.49. The van der Waals surface area contributed by atoms with Gasteiger partial charge in [0.05, 0.1) is 0 Å². The molecule has 1 fully saturated rings. The SMILES string of the molecule is CCCCC1CC1(C)Cl. The molecule has 0 spiro atoms. The van der Waals surface area contributed by atoms with Gasteiger partial charge in [-0.3, -0.25) is 0 Å². The molecular weight excluding hydrogens is 132 g/mol. The van der Waals surface area contributed by atoms with E-state index < -0.39 is 0 Å². The number of halogens is 1. The number of unbranched alkanes of at least 4 members (excludes halogenated alkanes) is 1. The summed E-state index contributed by atoms with van der Waals surface area (Å²) < 4.78 is 0. The van der Waals surface area contributed by atoms with E-state index in [9.17, 15) is 0 Å². The van der Waals surface area contributed by atoms with Crippen LogP contribution < -0.4 is 0 Å². The molecular formula is C8H15Cl. The van der Waals surface area contributed by atoms with E-state index in [0.717, 1.165) is 5.92 Å². The molecule has 0 aromatic heterocycles. The van der Waals surface area contributed by atoms with Crippen LogP contribution in [0, 0.1) is 5.92 Å². The first kappa shape index (κ1) is 7.40. The molecule has 0 amide bonds. The van der Waals surface area contributed by atoms with Crippen LogP contribution >= 0.6 is 11.6 Å². The summed E-state index contributed by atoms with van der Waals surface area (Å²) in [6.45, 7) is 4.38. The fourth-order valence-electron chi connectivity index (χ4n) is 1.28. The van der Waals surface area contributed by atoms with E-state index in [1.54, 1.807) is 0 Å². The first-order valence-corrected chi connectivity index (χ1v) is 4.23. The highest BCUT2D eigenvalue weighted by Crippen LogP contribution is 2.51. The summed E-state index contributed by atoms with van der Waals surface area (Å²) in [6, 6.07) is 0. The molecule has 1 saturated carbocycles. The molecule has 0 radical (unpaired) electrons. The molecule has 54 valence electrons. The van der Waals surface area contributed by atoms with Crippen molar-refractivity contribution in [2.75, 3.05) is 0 Å². The van der Waals surface area contributed by atoms with Gasteiger partial charge in [0.1, 0.15) is 0 Å². The van der Waals surface area contributed by atoms with Crippen LogP contribution in [0.15, 0.2) is 0 Å². The fourth-order valence-corrected chi connectivity index (χ4v) is 1.57. The summed E-state index contributed by atoms with van der Waals surface area (Å²) >= 11 is 6.04. The maximum Gasteiger partial charge on any atom is 0.0450 e. The van der Waals surface area contributed by atoms with Crippen LogP contribution in [0.1, 0.15) is 39.5 Å². The van der Waals surface area contributed by atoms with Crippen molar-refractivity contribution in [1.82, 2.24) is 0 Å². The Hall–Kier alpha value is 0.290. The molecule has 0 aromatic carbocycles. The smallest absolute Gasteiger partial charge is 0.0450 e. The maximum absolute atomic E-state index is 6.04. The van der Waals surface area contributed by atoms with Crippen LogP contribution in [0.4, 0.5) is 0 Å². The van der Waals surface area contributed by atoms with Crippen LogP contribution in [0.5, 0.6) is 0 Å². The average Bonchev–Trinajstić information content (AvgIpc) is 2.35. The van der Waals surface area contributed by atoms with Gasteiger partial charge in [-0.05, 0) is 25.7 Å². The number of alkyl halides is 1. The largest absolute Gasteiger partial charge is 0.119 e. The summed E-state index contributed by atoms with van der Waals surface area (Å²) in [5.41, 5.74) is 0. The first-order chi connectivity index (χ1) is 4.17. The molecule has 0 N–H and O–H groups in total. The number of hydrogen-bond acceptors (Lipinski definition) is 0. The van der Waals surface area contributed by atoms with E-state index in [2.05, 4.69) is 13.8 Å². The van der Waals surface area contributed by atoms with Crippen LogP contribution in [-0.2, 0) is 0 Å². The molecule has 0 aliphatic heterocycles. The predicted molar refractivity (Wildman–Crippen MR) is 41.9 cm³/mol. The molecule has 0 bridgehead atoms. The van der Waals surface area contributed by atoms with Crippen LogP contribution in [0.25, 0.3) is 0 Å². The van der Waals surface area contributed by atoms with Crippen LogP contribution in [0.2, 0.25) is 0 Å². The van der Waals surface area contributed by atoms with Gasteiger partial charge in [0.15, 0.2) is 0 Å². The van der Waals surface area contributed by atoms with Gasteiger partial charge >= 0.3 is 0 Å². The van der Waals surface area contributed by atoms with Gasteiger partial charge in [0, 0.05) is 4.87 Å². The van der Waals surface area contributed by atoms with Crippen molar-refractivity contribution in [2.24, 2.45) is 5.92 Å². The molecule has 1 rings (SSSR count). The minimum absolute atomic E-state index is 0.190. The van der Waals surface area contributed by atoms with E-state index in [4.69, 9.17) is 11.6 Å². The highest BCUT2D eigenvalue weighted by molar-refractivity contribution is 6.25. The van der Waals surface area contributed by atoms with E-state index in [1.807, 2.05) is 0 Å². The number of hydrogen-bond donors (Lipinski definition) is 0. The van der Waals surface area contributed by atoms with Crippen molar-refractivity contribution >= 4 is 11.6 Å². The van der Waals surface area contributed by atoms with Gasteiger partial charge in [0.2, 0.25) is 0 Å². The second-order valence-corrected chi connectivity index (χ2v) is 4.18. The Labute approximate surface area is 62.6 Å². The number of rotatable bonds is 3. The zero-order valence-corrected chi connectivity index (χ0v) is 7.04. The van der Waals surface area contributed by atoms with Crippen molar-refractivity contribution in [1.29, 1.82) is 0 Å². The maximum atomic E-state index is 6.04. The summed E-state index contributed by atoms with van der Waals surface area (Å²) in [5, 5.41) is 0. The van der Waals surface area contributed by atoms with E-state index in [1.165, 1.54) is 25.7 Å². The summed E-state index contributed by atoms with van der Waals surface area (Å²) in [6.07, 6.45) is 5.25. The van der Waals surface area contributed by atoms with Gasteiger partial charge in [-0.25, -0.2) is 0 Å². The Bertz CT molecular complexity index is 96.7. The molecule has 2 unspecified atom stereocenters. The normalized spacial score (nSPS) is 41.0. The van der Waals surface area contributed by atoms with Crippen LogP contribution in [-0.4, -0.2) is 4.87 Å². The van der Waals surface area contributed by atoms with E-state index in [-0.39, 0.29) is 4.87 Å². The standard InChI is InChI=1S/C8H15Cl/c1-3-4-5-7-6-8(7,2)9/h7H,3-6H2,1-2H3. The Morgan fingerprint density at radius 1 is 1.67 bits per heavy atom. The highest BCUT2D eigenvalue weighted by atomic mass is 35.5. The summed E-state index contributed by atoms with van der Waals surface area (Å²) in [7, 11) is 0. The van der Waals surface area contributed by atoms with Gasteiger partial charge in [-0.15, -0.1) is 11.6 Å². The lowest BCUT2D eigenvalue weighted by Gasteiger charge is -1.97. The lowest BCUT2D eigenvalue weighted by Crippen LogP contribution is -1.93. The average molecular weight is 147 g/mol. The fraction of sp³-hybridized carbons (Fsp3) is 1.00.